The molecule has 0 saturated carbocycles. The Morgan fingerprint density at radius 2 is 1.92 bits per heavy atom. The molecule has 6 nitrogen and oxygen atoms in total. The summed E-state index contributed by atoms with van der Waals surface area (Å²) in [6.45, 7) is 4.94. The van der Waals surface area contributed by atoms with Crippen LogP contribution in [0.1, 0.15) is 26.7 Å². The average Bonchev–Trinajstić information content (AvgIpc) is 2.60. The van der Waals surface area contributed by atoms with E-state index in [9.17, 15) is 8.42 Å². The second-order valence-corrected chi connectivity index (χ2v) is 7.49. The van der Waals surface area contributed by atoms with E-state index in [1.807, 2.05) is 44.2 Å². The molecule has 0 bridgehead atoms. The summed E-state index contributed by atoms with van der Waals surface area (Å²) in [5, 5.41) is 3.10. The molecular formula is C18H25N3O3S. The molecule has 1 atom stereocenters. The zero-order valence-electron chi connectivity index (χ0n) is 14.6. The van der Waals surface area contributed by atoms with Crippen LogP contribution in [0.15, 0.2) is 53.6 Å². The van der Waals surface area contributed by atoms with Crippen molar-refractivity contribution in [3.8, 4) is 5.75 Å². The van der Waals surface area contributed by atoms with E-state index in [1.54, 1.807) is 12.1 Å². The van der Waals surface area contributed by atoms with Gasteiger partial charge in [-0.3, -0.25) is 0 Å². The number of anilines is 1. The van der Waals surface area contributed by atoms with Crippen molar-refractivity contribution >= 4 is 15.8 Å². The summed E-state index contributed by atoms with van der Waals surface area (Å²) in [6, 6.07) is 12.7. The predicted molar refractivity (Wildman–Crippen MR) is 99.4 cm³/mol. The van der Waals surface area contributed by atoms with Gasteiger partial charge in [0.15, 0.2) is 0 Å². The minimum atomic E-state index is -3.52. The van der Waals surface area contributed by atoms with E-state index in [1.165, 1.54) is 6.20 Å². The molecule has 0 aliphatic heterocycles. The Kier molecular flexibility index (Phi) is 7.21. The summed E-state index contributed by atoms with van der Waals surface area (Å²) in [7, 11) is -3.52. The highest BCUT2D eigenvalue weighted by Gasteiger charge is 2.17. The van der Waals surface area contributed by atoms with E-state index in [2.05, 4.69) is 15.0 Å². The van der Waals surface area contributed by atoms with Crippen molar-refractivity contribution in [2.24, 2.45) is 0 Å². The number of nitrogens with one attached hydrogen (secondary N) is 2. The quantitative estimate of drug-likeness (QED) is 0.634. The van der Waals surface area contributed by atoms with Gasteiger partial charge in [0.1, 0.15) is 23.1 Å². The van der Waals surface area contributed by atoms with Gasteiger partial charge in [-0.25, -0.2) is 18.1 Å². The monoisotopic (exact) mass is 363 g/mol. The van der Waals surface area contributed by atoms with Crippen LogP contribution in [0.4, 0.5) is 5.82 Å². The smallest absolute Gasteiger partial charge is 0.242 e. The van der Waals surface area contributed by atoms with E-state index in [0.717, 1.165) is 18.6 Å². The summed E-state index contributed by atoms with van der Waals surface area (Å²) < 4.78 is 32.7. The van der Waals surface area contributed by atoms with E-state index in [-0.39, 0.29) is 10.9 Å². The fourth-order valence-electron chi connectivity index (χ4n) is 2.33. The maximum absolute atomic E-state index is 12.3. The third-order valence-electron chi connectivity index (χ3n) is 3.54. The van der Waals surface area contributed by atoms with Crippen LogP contribution in [0.5, 0.6) is 5.75 Å². The number of hydrogen-bond acceptors (Lipinski definition) is 5. The minimum absolute atomic E-state index is 0.0945. The summed E-state index contributed by atoms with van der Waals surface area (Å²) in [5.41, 5.74) is 0. The zero-order chi connectivity index (χ0) is 18.1. The molecule has 2 N–H and O–H groups in total. The van der Waals surface area contributed by atoms with Crippen molar-refractivity contribution in [3.63, 3.8) is 0 Å². The summed E-state index contributed by atoms with van der Waals surface area (Å²) >= 11 is 0. The Bertz CT molecular complexity index is 734. The maximum atomic E-state index is 12.3. The first-order chi connectivity index (χ1) is 12.0. The predicted octanol–water partition coefficient (Wildman–Crippen LogP) is 3.04. The lowest BCUT2D eigenvalue weighted by Crippen LogP contribution is -2.32. The van der Waals surface area contributed by atoms with Crippen LogP contribution in [-0.4, -0.2) is 32.6 Å². The fraction of sp³-hybridized carbons (Fsp3) is 0.389. The van der Waals surface area contributed by atoms with Crippen molar-refractivity contribution in [2.45, 2.75) is 37.6 Å². The first kappa shape index (κ1) is 19.2. The standard InChI is InChI=1S/C18H25N3O3S/c1-3-7-15(2)21-25(22,23)17-10-11-18(20-14-17)19-12-13-24-16-8-5-4-6-9-16/h4-6,8-11,14-15,21H,3,7,12-13H2,1-2H3,(H,19,20). The molecule has 7 heteroatoms. The van der Waals surface area contributed by atoms with Gasteiger partial charge in [-0.15, -0.1) is 0 Å². The van der Waals surface area contributed by atoms with Crippen molar-refractivity contribution in [1.82, 2.24) is 9.71 Å². The van der Waals surface area contributed by atoms with Crippen LogP contribution >= 0.6 is 0 Å². The number of ether oxygens (including phenoxy) is 1. The van der Waals surface area contributed by atoms with Crippen LogP contribution in [0, 0.1) is 0 Å². The van der Waals surface area contributed by atoms with Crippen molar-refractivity contribution in [3.05, 3.63) is 48.7 Å². The fourth-order valence-corrected chi connectivity index (χ4v) is 3.56. The molecule has 25 heavy (non-hydrogen) atoms. The highest BCUT2D eigenvalue weighted by molar-refractivity contribution is 7.89. The summed E-state index contributed by atoms with van der Waals surface area (Å²) in [4.78, 5) is 4.33. The molecule has 0 aliphatic rings. The normalized spacial score (nSPS) is 12.6. The Labute approximate surface area is 149 Å². The van der Waals surface area contributed by atoms with Gasteiger partial charge in [0.05, 0.1) is 6.54 Å². The molecule has 2 rings (SSSR count). The summed E-state index contributed by atoms with van der Waals surface area (Å²) in [6.07, 6.45) is 3.09. The number of nitrogens with zero attached hydrogens (tertiary/aromatic N) is 1. The topological polar surface area (TPSA) is 80.3 Å². The number of rotatable bonds is 10. The first-order valence-electron chi connectivity index (χ1n) is 8.41. The molecule has 1 unspecified atom stereocenters. The highest BCUT2D eigenvalue weighted by atomic mass is 32.2. The van der Waals surface area contributed by atoms with E-state index >= 15 is 0 Å². The Hall–Kier alpha value is -2.12. The number of hydrogen-bond donors (Lipinski definition) is 2. The van der Waals surface area contributed by atoms with Gasteiger partial charge in [0, 0.05) is 12.2 Å². The van der Waals surface area contributed by atoms with Gasteiger partial charge in [0.2, 0.25) is 10.0 Å². The molecule has 0 radical (unpaired) electrons. The third-order valence-corrected chi connectivity index (χ3v) is 5.12. The number of pyridine rings is 1. The van der Waals surface area contributed by atoms with Crippen LogP contribution in [0.25, 0.3) is 0 Å². The van der Waals surface area contributed by atoms with Crippen LogP contribution in [-0.2, 0) is 10.0 Å². The van der Waals surface area contributed by atoms with Crippen LogP contribution in [0.2, 0.25) is 0 Å². The molecule has 2 aromatic rings. The summed E-state index contributed by atoms with van der Waals surface area (Å²) in [5.74, 6) is 1.42. The second kappa shape index (κ2) is 9.39. The molecule has 0 spiro atoms. The van der Waals surface area contributed by atoms with Crippen molar-refractivity contribution < 1.29 is 13.2 Å². The lowest BCUT2D eigenvalue weighted by molar-refractivity contribution is 0.333. The number of para-hydroxylation sites is 1. The van der Waals surface area contributed by atoms with E-state index in [4.69, 9.17) is 4.74 Å². The molecular weight excluding hydrogens is 338 g/mol. The molecule has 1 aromatic heterocycles. The molecule has 136 valence electrons. The minimum Gasteiger partial charge on any atom is -0.492 e. The SMILES string of the molecule is CCCC(C)NS(=O)(=O)c1ccc(NCCOc2ccccc2)nc1. The van der Waals surface area contributed by atoms with Gasteiger partial charge in [-0.2, -0.15) is 0 Å². The lowest BCUT2D eigenvalue weighted by Gasteiger charge is -2.13. The van der Waals surface area contributed by atoms with Gasteiger partial charge >= 0.3 is 0 Å². The van der Waals surface area contributed by atoms with Gasteiger partial charge in [0.25, 0.3) is 0 Å². The van der Waals surface area contributed by atoms with Gasteiger partial charge < -0.3 is 10.1 Å². The molecule has 0 amide bonds. The highest BCUT2D eigenvalue weighted by Crippen LogP contribution is 2.12. The number of aromatic nitrogens is 1. The molecule has 0 aliphatic carbocycles. The van der Waals surface area contributed by atoms with Crippen molar-refractivity contribution in [1.29, 1.82) is 0 Å². The first-order valence-corrected chi connectivity index (χ1v) is 9.89. The Morgan fingerprint density at radius 3 is 2.56 bits per heavy atom. The third kappa shape index (κ3) is 6.36. The molecule has 1 heterocycles. The zero-order valence-corrected chi connectivity index (χ0v) is 15.4. The van der Waals surface area contributed by atoms with Crippen LogP contribution in [0.3, 0.4) is 0 Å². The van der Waals surface area contributed by atoms with Crippen molar-refractivity contribution in [2.75, 3.05) is 18.5 Å². The molecule has 0 fully saturated rings. The van der Waals surface area contributed by atoms with E-state index < -0.39 is 10.0 Å². The maximum Gasteiger partial charge on any atom is 0.242 e. The Morgan fingerprint density at radius 1 is 1.16 bits per heavy atom. The number of benzene rings is 1. The second-order valence-electron chi connectivity index (χ2n) is 5.78. The van der Waals surface area contributed by atoms with Gasteiger partial charge in [-0.1, -0.05) is 31.5 Å². The lowest BCUT2D eigenvalue weighted by atomic mass is 10.2. The Balaban J connectivity index is 1.83. The number of sulfonamides is 1. The van der Waals surface area contributed by atoms with E-state index in [0.29, 0.717) is 19.0 Å². The van der Waals surface area contributed by atoms with Crippen LogP contribution < -0.4 is 14.8 Å². The molecule has 1 aromatic carbocycles. The average molecular weight is 363 g/mol. The van der Waals surface area contributed by atoms with Gasteiger partial charge in [-0.05, 0) is 37.6 Å². The molecule has 0 saturated heterocycles. The largest absolute Gasteiger partial charge is 0.492 e.